The minimum absolute atomic E-state index is 0.160. The lowest BCUT2D eigenvalue weighted by Crippen LogP contribution is -2.17. The first-order valence-electron chi connectivity index (χ1n) is 13.2. The van der Waals surface area contributed by atoms with E-state index in [2.05, 4.69) is 22.1 Å². The Labute approximate surface area is 232 Å². The Hall–Kier alpha value is -4.61. The van der Waals surface area contributed by atoms with E-state index in [9.17, 15) is 14.0 Å². The molecule has 0 aliphatic carbocycles. The largest absolute Gasteiger partial charge is 0.492 e. The molecule has 1 aliphatic heterocycles. The first-order chi connectivity index (χ1) is 19.4. The summed E-state index contributed by atoms with van der Waals surface area (Å²) >= 11 is 0. The Morgan fingerprint density at radius 1 is 1.10 bits per heavy atom. The number of rotatable bonds is 5. The molecule has 0 bridgehead atoms. The molecular weight excluding hydrogens is 509 g/mol. The van der Waals surface area contributed by atoms with E-state index in [1.54, 1.807) is 37.4 Å². The molecule has 0 fully saturated rings. The number of carbonyl (C=O) groups is 2. The second-order valence-corrected chi connectivity index (χ2v) is 9.42. The van der Waals surface area contributed by atoms with E-state index in [4.69, 9.17) is 15.6 Å². The van der Waals surface area contributed by atoms with Gasteiger partial charge in [0.25, 0.3) is 11.8 Å². The van der Waals surface area contributed by atoms with E-state index in [1.807, 2.05) is 18.3 Å². The van der Waals surface area contributed by atoms with Gasteiger partial charge in [0, 0.05) is 47.4 Å². The maximum absolute atomic E-state index is 12.8. The highest BCUT2D eigenvalue weighted by Gasteiger charge is 2.18. The van der Waals surface area contributed by atoms with E-state index in [-0.39, 0.29) is 18.3 Å². The summed E-state index contributed by atoms with van der Waals surface area (Å²) in [5.74, 6) is 5.79. The Morgan fingerprint density at radius 3 is 2.70 bits per heavy atom. The van der Waals surface area contributed by atoms with Gasteiger partial charge in [0.1, 0.15) is 11.6 Å². The van der Waals surface area contributed by atoms with Gasteiger partial charge < -0.3 is 25.9 Å². The molecule has 0 unspecified atom stereocenters. The minimum Gasteiger partial charge on any atom is -0.492 e. The zero-order valence-electron chi connectivity index (χ0n) is 22.4. The van der Waals surface area contributed by atoms with Gasteiger partial charge in [-0.25, -0.2) is 4.39 Å². The van der Waals surface area contributed by atoms with Crippen molar-refractivity contribution in [1.29, 1.82) is 0 Å². The van der Waals surface area contributed by atoms with Gasteiger partial charge in [-0.2, -0.15) is 0 Å². The van der Waals surface area contributed by atoms with Crippen molar-refractivity contribution in [2.24, 2.45) is 5.73 Å². The van der Waals surface area contributed by atoms with Gasteiger partial charge in [0.05, 0.1) is 12.2 Å². The van der Waals surface area contributed by atoms with Crippen molar-refractivity contribution in [3.05, 3.63) is 100.0 Å². The number of aromatic nitrogens is 1. The Morgan fingerprint density at radius 2 is 1.93 bits per heavy atom. The maximum Gasteiger partial charge on any atom is 0.252 e. The van der Waals surface area contributed by atoms with E-state index >= 15 is 0 Å². The summed E-state index contributed by atoms with van der Waals surface area (Å²) in [5.41, 5.74) is 10.8. The molecule has 1 aromatic heterocycles. The van der Waals surface area contributed by atoms with Gasteiger partial charge in [-0.15, -0.1) is 0 Å². The smallest absolute Gasteiger partial charge is 0.252 e. The van der Waals surface area contributed by atoms with Gasteiger partial charge in [-0.05, 0) is 91.8 Å². The Balaban J connectivity index is 0.000000222. The average Bonchev–Trinajstić information content (AvgIpc) is 3.20. The molecule has 0 radical (unpaired) electrons. The number of aliphatic hydroxyl groups excluding tert-OH is 1. The van der Waals surface area contributed by atoms with E-state index in [0.717, 1.165) is 59.7 Å². The molecule has 0 saturated carbocycles. The molecule has 7 nitrogen and oxygen atoms in total. The van der Waals surface area contributed by atoms with Gasteiger partial charge in [-0.3, -0.25) is 9.59 Å². The molecule has 3 aromatic carbocycles. The number of hydrogen-bond donors (Lipinski definition) is 4. The predicted molar refractivity (Wildman–Crippen MR) is 153 cm³/mol. The van der Waals surface area contributed by atoms with E-state index in [1.165, 1.54) is 12.1 Å². The predicted octanol–water partition coefficient (Wildman–Crippen LogP) is 4.49. The number of aryl methyl sites for hydroxylation is 2. The number of aliphatic hydroxyl groups is 1. The first kappa shape index (κ1) is 28.4. The number of nitrogens with two attached hydrogens (primary N) is 1. The highest BCUT2D eigenvalue weighted by atomic mass is 19.1. The zero-order chi connectivity index (χ0) is 28.5. The van der Waals surface area contributed by atoms with Crippen LogP contribution in [0, 0.1) is 17.7 Å². The van der Waals surface area contributed by atoms with Gasteiger partial charge in [0.15, 0.2) is 0 Å². The van der Waals surface area contributed by atoms with Crippen molar-refractivity contribution in [2.75, 3.05) is 20.3 Å². The molecule has 206 valence electrons. The first-order valence-corrected chi connectivity index (χ1v) is 13.2. The average molecular weight is 542 g/mol. The number of fused-ring (bicyclic) bond motifs is 2. The van der Waals surface area contributed by atoms with Crippen molar-refractivity contribution >= 4 is 22.7 Å². The summed E-state index contributed by atoms with van der Waals surface area (Å²) < 4.78 is 18.6. The van der Waals surface area contributed by atoms with Crippen molar-refractivity contribution in [3.63, 3.8) is 0 Å². The fraction of sp³-hybridized carbons (Fsp3) is 0.250. The maximum atomic E-state index is 12.8. The third-order valence-electron chi connectivity index (χ3n) is 6.55. The van der Waals surface area contributed by atoms with E-state index < -0.39 is 5.91 Å². The van der Waals surface area contributed by atoms with Crippen LogP contribution >= 0.6 is 0 Å². The molecule has 1 aliphatic rings. The topological polar surface area (TPSA) is 117 Å². The number of hydrogen-bond acceptors (Lipinski definition) is 4. The van der Waals surface area contributed by atoms with Crippen LogP contribution in [0.2, 0.25) is 0 Å². The number of H-pyrrole nitrogens is 1. The fourth-order valence-electron chi connectivity index (χ4n) is 4.55. The number of aromatic amines is 1. The summed E-state index contributed by atoms with van der Waals surface area (Å²) in [6.07, 6.45) is 6.21. The van der Waals surface area contributed by atoms with Crippen LogP contribution in [0.3, 0.4) is 0 Å². The summed E-state index contributed by atoms with van der Waals surface area (Å²) in [5, 5.41) is 12.3. The lowest BCUT2D eigenvalue weighted by atomic mass is 10.00. The molecule has 0 spiro atoms. The second kappa shape index (κ2) is 13.5. The van der Waals surface area contributed by atoms with Crippen LogP contribution in [-0.4, -0.2) is 42.2 Å². The fourth-order valence-corrected chi connectivity index (χ4v) is 4.55. The number of ether oxygens (including phenoxy) is 1. The molecule has 5 N–H and O–H groups in total. The molecule has 0 atom stereocenters. The normalized spacial score (nSPS) is 12.1. The lowest BCUT2D eigenvalue weighted by molar-refractivity contribution is 0.0961. The highest BCUT2D eigenvalue weighted by molar-refractivity contribution is 5.96. The number of amides is 2. The van der Waals surface area contributed by atoms with Crippen molar-refractivity contribution in [2.45, 2.75) is 32.1 Å². The van der Waals surface area contributed by atoms with Crippen LogP contribution in [0.5, 0.6) is 5.75 Å². The van der Waals surface area contributed by atoms with Crippen molar-refractivity contribution < 1.29 is 23.8 Å². The summed E-state index contributed by atoms with van der Waals surface area (Å²) in [4.78, 5) is 26.6. The van der Waals surface area contributed by atoms with Crippen LogP contribution in [-0.2, 0) is 12.8 Å². The van der Waals surface area contributed by atoms with Gasteiger partial charge in [0.2, 0.25) is 0 Å². The third-order valence-corrected chi connectivity index (χ3v) is 6.55. The number of halogens is 1. The Bertz CT molecular complexity index is 1580. The number of benzene rings is 3. The molecule has 8 heteroatoms. The third kappa shape index (κ3) is 7.07. The van der Waals surface area contributed by atoms with Crippen molar-refractivity contribution in [3.8, 4) is 17.6 Å². The molecule has 2 heterocycles. The SMILES string of the molecule is CNC(=O)c1cccc(C#Cc2cc3c(c(C(N)=O)c2)OCCCC3)c1.OCCCc1c[nH]c2cc(F)ccc12. The number of primary amides is 1. The van der Waals surface area contributed by atoms with E-state index in [0.29, 0.717) is 29.0 Å². The van der Waals surface area contributed by atoms with Crippen LogP contribution in [0.25, 0.3) is 10.9 Å². The van der Waals surface area contributed by atoms with Gasteiger partial charge in [-0.1, -0.05) is 17.9 Å². The standard InChI is InChI=1S/C21H20N2O3.C11H12FNO/c1-23-21(25)17-7-4-5-14(11-17)8-9-15-12-16-6-2-3-10-26-19(16)18(13-15)20(22)24;12-9-3-4-10-8(2-1-5-14)7-13-11(10)6-9/h4-5,7,11-13H,2-3,6,10H2,1H3,(H2,22,24)(H,23,25);3-4,6-7,13-14H,1-2,5H2. The molecule has 40 heavy (non-hydrogen) atoms. The Kier molecular flexibility index (Phi) is 9.55. The van der Waals surface area contributed by atoms with Crippen LogP contribution in [0.1, 0.15) is 62.2 Å². The van der Waals surface area contributed by atoms with Gasteiger partial charge >= 0.3 is 0 Å². The molecule has 4 aromatic rings. The quantitative estimate of drug-likeness (QED) is 0.279. The molecule has 0 saturated heterocycles. The van der Waals surface area contributed by atoms with Crippen LogP contribution in [0.4, 0.5) is 4.39 Å². The monoisotopic (exact) mass is 541 g/mol. The van der Waals surface area contributed by atoms with Crippen LogP contribution in [0.15, 0.2) is 60.8 Å². The zero-order valence-corrected chi connectivity index (χ0v) is 22.4. The highest BCUT2D eigenvalue weighted by Crippen LogP contribution is 2.30. The number of nitrogens with one attached hydrogen (secondary N) is 2. The molecule has 2 amide bonds. The number of carbonyl (C=O) groups excluding carboxylic acids is 2. The molecule has 5 rings (SSSR count). The second-order valence-electron chi connectivity index (χ2n) is 9.42. The summed E-state index contributed by atoms with van der Waals surface area (Å²) in [6.45, 7) is 0.776. The molecular formula is C32H32FN3O4. The van der Waals surface area contributed by atoms with Crippen LogP contribution < -0.4 is 15.8 Å². The summed E-state index contributed by atoms with van der Waals surface area (Å²) in [7, 11) is 1.59. The summed E-state index contributed by atoms with van der Waals surface area (Å²) in [6, 6.07) is 15.4. The van der Waals surface area contributed by atoms with Crippen molar-refractivity contribution in [1.82, 2.24) is 10.3 Å². The lowest BCUT2D eigenvalue weighted by Gasteiger charge is -2.11. The minimum atomic E-state index is -0.520.